The fourth-order valence-electron chi connectivity index (χ4n) is 12.4. The molecule has 6 rings (SSSR count). The lowest BCUT2D eigenvalue weighted by Gasteiger charge is -2.49. The number of likely N-dealkylation sites (N-methyl/N-ethyl adjacent to an activating group) is 1. The maximum absolute atomic E-state index is 14.7. The number of nitrogens with one attached hydrogen (secondary N) is 1. The number of rotatable bonds is 26. The van der Waals surface area contributed by atoms with Crippen LogP contribution >= 0.6 is 11.6 Å². The number of hydrogen-bond acceptors (Lipinski definition) is 23. The van der Waals surface area contributed by atoms with Gasteiger partial charge in [-0.05, 0) is 99.9 Å². The van der Waals surface area contributed by atoms with E-state index >= 15 is 0 Å². The van der Waals surface area contributed by atoms with Crippen LogP contribution in [-0.2, 0) is 66.5 Å². The van der Waals surface area contributed by atoms with E-state index in [2.05, 4.69) is 10.5 Å². The first-order valence-corrected chi connectivity index (χ1v) is 30.7. The monoisotopic (exact) mass is 1260 g/mol. The van der Waals surface area contributed by atoms with Crippen molar-refractivity contribution in [1.82, 2.24) is 9.47 Å². The van der Waals surface area contributed by atoms with Gasteiger partial charge in [0.15, 0.2) is 18.7 Å². The molecular formula is C61H97ClN4O21. The summed E-state index contributed by atoms with van der Waals surface area (Å²) in [5, 5.41) is 67.0. The second-order valence-corrected chi connectivity index (χ2v) is 25.2. The third-order valence-electron chi connectivity index (χ3n) is 17.5. The van der Waals surface area contributed by atoms with Gasteiger partial charge in [0, 0.05) is 68.6 Å². The maximum Gasteiger partial charge on any atom is 0.341 e. The van der Waals surface area contributed by atoms with Crippen molar-refractivity contribution in [1.29, 1.82) is 0 Å². The number of hydrogen-bond donors (Lipinski definition) is 6. The average molecular weight is 1260 g/mol. The lowest BCUT2D eigenvalue weighted by atomic mass is 9.73. The SMILES string of the molecule is CC[C@H]1OC(=O)[C@H](C)[C@@H](O[C@H]2C[C@@](C)(OC)[C@@H](OC(=O)CCOCCOCCNc3cc4c(=O)c(C(=O)O)cn(C5CC5)c4cc3Cl)[C@H](C)O2)[C@H](C)[C@@H](O[C@@H]2O[C@H](C)C[C@H](N(C)C)[C@H]2O)[C@](C)(O)C[C@@H](C)C(=NOCOCCOC)[C@H](C)[C@@H](O)[C@]1(C)O. The number of esters is 2. The number of ether oxygens (including phenoxy) is 11. The molecule has 1 aromatic heterocycles. The highest BCUT2D eigenvalue weighted by atomic mass is 35.5. The number of aliphatic hydroxyl groups is 4. The third-order valence-corrected chi connectivity index (χ3v) is 17.8. The van der Waals surface area contributed by atoms with Crippen LogP contribution in [-0.4, -0.2) is 224 Å². The highest BCUT2D eigenvalue weighted by Gasteiger charge is 2.54. The van der Waals surface area contributed by atoms with Gasteiger partial charge in [-0.2, -0.15) is 0 Å². The molecule has 0 unspecified atom stereocenters. The number of pyridine rings is 1. The molecule has 25 nitrogen and oxygen atoms in total. The number of aliphatic hydroxyl groups excluding tert-OH is 2. The van der Waals surface area contributed by atoms with Crippen molar-refractivity contribution in [3.05, 3.63) is 39.1 Å². The predicted molar refractivity (Wildman–Crippen MR) is 320 cm³/mol. The van der Waals surface area contributed by atoms with E-state index in [1.807, 2.05) is 30.5 Å². The molecule has 0 spiro atoms. The zero-order valence-corrected chi connectivity index (χ0v) is 53.8. The van der Waals surface area contributed by atoms with Gasteiger partial charge in [0.2, 0.25) is 12.2 Å². The Balaban J connectivity index is 1.14. The van der Waals surface area contributed by atoms with Gasteiger partial charge in [-0.1, -0.05) is 44.5 Å². The van der Waals surface area contributed by atoms with Gasteiger partial charge in [0.05, 0.1) is 110 Å². The highest BCUT2D eigenvalue weighted by Crippen LogP contribution is 2.43. The van der Waals surface area contributed by atoms with Gasteiger partial charge < -0.3 is 97.3 Å². The molecule has 0 amide bonds. The molecule has 0 radical (unpaired) electrons. The molecule has 1 aromatic carbocycles. The number of halogens is 1. The Bertz CT molecular complexity index is 2670. The summed E-state index contributed by atoms with van der Waals surface area (Å²) < 4.78 is 68.7. The Labute approximate surface area is 515 Å². The molecule has 6 N–H and O–H groups in total. The van der Waals surface area contributed by atoms with Crippen molar-refractivity contribution < 1.29 is 96.9 Å². The van der Waals surface area contributed by atoms with Crippen LogP contribution in [0.15, 0.2) is 28.3 Å². The zero-order chi connectivity index (χ0) is 64.3. The van der Waals surface area contributed by atoms with Crippen LogP contribution in [0.25, 0.3) is 10.9 Å². The van der Waals surface area contributed by atoms with Gasteiger partial charge in [-0.15, -0.1) is 0 Å². The topological polar surface area (TPSA) is 313 Å². The van der Waals surface area contributed by atoms with Crippen molar-refractivity contribution in [3.8, 4) is 0 Å². The number of fused-ring (bicyclic) bond motifs is 1. The Morgan fingerprint density at radius 3 is 2.20 bits per heavy atom. The number of methoxy groups -OCH3 is 2. The molecule has 494 valence electrons. The average Bonchev–Trinajstić information content (AvgIpc) is 1.91. The number of carbonyl (C=O) groups excluding carboxylic acids is 2. The lowest BCUT2D eigenvalue weighted by molar-refractivity contribution is -0.318. The number of nitrogens with zero attached hydrogens (tertiary/aromatic N) is 3. The number of carbonyl (C=O) groups is 3. The van der Waals surface area contributed by atoms with Gasteiger partial charge in [0.1, 0.15) is 29.0 Å². The summed E-state index contributed by atoms with van der Waals surface area (Å²) in [4.78, 5) is 60.6. The molecule has 3 saturated heterocycles. The van der Waals surface area contributed by atoms with E-state index in [-0.39, 0.29) is 100 Å². The van der Waals surface area contributed by atoms with E-state index in [0.717, 1.165) is 12.8 Å². The van der Waals surface area contributed by atoms with Crippen LogP contribution in [0.5, 0.6) is 0 Å². The Hall–Kier alpha value is -4.16. The summed E-state index contributed by atoms with van der Waals surface area (Å²) in [6.45, 7) is 17.9. The van der Waals surface area contributed by atoms with Crippen LogP contribution < -0.4 is 10.7 Å². The molecule has 0 bridgehead atoms. The number of aromatic nitrogens is 1. The molecule has 4 fully saturated rings. The summed E-state index contributed by atoms with van der Waals surface area (Å²) in [6, 6.07) is 2.96. The summed E-state index contributed by atoms with van der Waals surface area (Å²) in [7, 11) is 6.69. The summed E-state index contributed by atoms with van der Waals surface area (Å²) in [5.41, 5.74) is -4.71. The molecule has 4 aliphatic rings. The number of oxime groups is 1. The van der Waals surface area contributed by atoms with E-state index in [0.29, 0.717) is 35.8 Å². The molecule has 87 heavy (non-hydrogen) atoms. The van der Waals surface area contributed by atoms with Crippen LogP contribution in [0.4, 0.5) is 5.69 Å². The fourth-order valence-corrected chi connectivity index (χ4v) is 12.6. The quantitative estimate of drug-likeness (QED) is 0.0301. The first kappa shape index (κ1) is 71.9. The fraction of sp³-hybridized carbons (Fsp3) is 0.787. The summed E-state index contributed by atoms with van der Waals surface area (Å²) >= 11 is 6.59. The van der Waals surface area contributed by atoms with Crippen LogP contribution in [0.2, 0.25) is 5.02 Å². The Morgan fingerprint density at radius 2 is 1.56 bits per heavy atom. The molecule has 1 saturated carbocycles. The van der Waals surface area contributed by atoms with Gasteiger partial charge in [0.25, 0.3) is 0 Å². The van der Waals surface area contributed by atoms with E-state index in [1.54, 1.807) is 67.5 Å². The first-order valence-electron chi connectivity index (χ1n) is 30.3. The van der Waals surface area contributed by atoms with E-state index in [9.17, 15) is 44.7 Å². The molecule has 3 aliphatic heterocycles. The number of aromatic carboxylic acids is 1. The zero-order valence-electron chi connectivity index (χ0n) is 53.1. The van der Waals surface area contributed by atoms with E-state index < -0.39 is 119 Å². The van der Waals surface area contributed by atoms with Crippen molar-refractivity contribution in [2.75, 3.05) is 86.6 Å². The Kier molecular flexibility index (Phi) is 26.2. The van der Waals surface area contributed by atoms with E-state index in [1.165, 1.54) is 27.3 Å². The third kappa shape index (κ3) is 18.1. The van der Waals surface area contributed by atoms with Crippen molar-refractivity contribution in [2.24, 2.45) is 28.8 Å². The molecule has 1 aliphatic carbocycles. The minimum absolute atomic E-state index is 0.0106. The number of anilines is 1. The predicted octanol–water partition coefficient (Wildman–Crippen LogP) is 5.30. The van der Waals surface area contributed by atoms with Crippen LogP contribution in [0.1, 0.15) is 131 Å². The largest absolute Gasteiger partial charge is 0.477 e. The molecule has 18 atom stereocenters. The maximum atomic E-state index is 14.7. The van der Waals surface area contributed by atoms with Crippen LogP contribution in [0.3, 0.4) is 0 Å². The molecule has 4 heterocycles. The lowest BCUT2D eigenvalue weighted by Crippen LogP contribution is -2.61. The number of benzene rings is 1. The minimum atomic E-state index is -2.04. The summed E-state index contributed by atoms with van der Waals surface area (Å²) in [5.74, 6) is -6.40. The summed E-state index contributed by atoms with van der Waals surface area (Å²) in [6.07, 6.45) is -7.51. The number of carboxylic acid groups (broad SMARTS) is 1. The van der Waals surface area contributed by atoms with Crippen molar-refractivity contribution >= 4 is 51.8 Å². The minimum Gasteiger partial charge on any atom is -0.477 e. The smallest absolute Gasteiger partial charge is 0.341 e. The standard InChI is InChI=1S/C61H97ClN4O21/c1-15-46-61(10,75)53(70)35(4)49(64-81-32-80-23-22-76-13)33(2)29-59(8,74)54(87-58-51(69)45(65(11)12)26-34(3)82-58)36(5)52(37(6)57(73)84-46)86-48-30-60(9,77-14)55(38(7)83-48)85-47(67)18-20-78-24-25-79-21-19-63-43-27-40-44(28-42(43)62)66(39-16-17-39)31-41(50(40)68)56(71)72/h27-28,31,33-39,45-46,48,51-55,58,63,69-70,74-75H,15-26,29-30,32H2,1-14H3,(H,71,72)/t33-,34-,35+,36+,37-,38+,45+,46-,48+,51-,52+,53-,54-,55+,58+,59-,60-,61-/m1/s1. The number of carboxylic acids is 1. The number of cyclic esters (lactones) is 1. The normalized spacial score (nSPS) is 35.2. The molecule has 26 heteroatoms. The first-order chi connectivity index (χ1) is 41.0. The highest BCUT2D eigenvalue weighted by molar-refractivity contribution is 6.34. The van der Waals surface area contributed by atoms with Gasteiger partial charge in [-0.25, -0.2) is 4.79 Å². The van der Waals surface area contributed by atoms with Gasteiger partial charge >= 0.3 is 17.9 Å². The van der Waals surface area contributed by atoms with Gasteiger partial charge in [-0.3, -0.25) is 14.4 Å². The molecule has 2 aromatic rings. The van der Waals surface area contributed by atoms with Crippen molar-refractivity contribution in [2.45, 2.75) is 204 Å². The van der Waals surface area contributed by atoms with Crippen molar-refractivity contribution in [3.63, 3.8) is 0 Å². The second kappa shape index (κ2) is 31.7. The van der Waals surface area contributed by atoms with E-state index in [4.69, 9.17) is 68.5 Å². The second-order valence-electron chi connectivity index (χ2n) is 24.8. The van der Waals surface area contributed by atoms with Crippen LogP contribution in [0, 0.1) is 23.7 Å². The molecular weight excluding hydrogens is 1160 g/mol. The Morgan fingerprint density at radius 1 is 0.885 bits per heavy atom.